The SMILES string of the molecule is COc1ccc(C(=O)OCC(=O)NC(C)c2cccc(Cl)c2)cc1F. The van der Waals surface area contributed by atoms with E-state index in [4.69, 9.17) is 21.1 Å². The Kier molecular flexibility index (Phi) is 6.36. The highest BCUT2D eigenvalue weighted by molar-refractivity contribution is 6.30. The third kappa shape index (κ3) is 5.19. The van der Waals surface area contributed by atoms with Gasteiger partial charge >= 0.3 is 5.97 Å². The molecule has 1 unspecified atom stereocenters. The molecule has 0 aliphatic carbocycles. The van der Waals surface area contributed by atoms with Crippen LogP contribution in [0.25, 0.3) is 0 Å². The minimum absolute atomic E-state index is 0.00557. The first-order valence-electron chi connectivity index (χ1n) is 7.46. The number of nitrogens with one attached hydrogen (secondary N) is 1. The first-order chi connectivity index (χ1) is 11.9. The van der Waals surface area contributed by atoms with E-state index in [1.165, 1.54) is 19.2 Å². The van der Waals surface area contributed by atoms with Gasteiger partial charge in [-0.1, -0.05) is 23.7 Å². The number of carbonyl (C=O) groups is 2. The number of ether oxygens (including phenoxy) is 2. The highest BCUT2D eigenvalue weighted by Gasteiger charge is 2.15. The van der Waals surface area contributed by atoms with E-state index in [2.05, 4.69) is 5.32 Å². The van der Waals surface area contributed by atoms with Crippen molar-refractivity contribution in [1.82, 2.24) is 5.32 Å². The normalized spacial score (nSPS) is 11.5. The fraction of sp³-hybridized carbons (Fsp3) is 0.222. The molecule has 25 heavy (non-hydrogen) atoms. The van der Waals surface area contributed by atoms with Crippen molar-refractivity contribution in [3.8, 4) is 5.75 Å². The van der Waals surface area contributed by atoms with Gasteiger partial charge in [0.2, 0.25) is 0 Å². The highest BCUT2D eigenvalue weighted by Crippen LogP contribution is 2.19. The van der Waals surface area contributed by atoms with E-state index >= 15 is 0 Å². The van der Waals surface area contributed by atoms with E-state index in [0.717, 1.165) is 11.6 Å². The zero-order chi connectivity index (χ0) is 18.4. The molecule has 0 aliphatic rings. The number of carbonyl (C=O) groups excluding carboxylic acids is 2. The van der Waals surface area contributed by atoms with Crippen LogP contribution in [0, 0.1) is 5.82 Å². The second-order valence-electron chi connectivity index (χ2n) is 5.27. The van der Waals surface area contributed by atoms with Crippen molar-refractivity contribution in [2.75, 3.05) is 13.7 Å². The Hall–Kier alpha value is -2.60. The zero-order valence-corrected chi connectivity index (χ0v) is 14.5. The molecule has 2 aromatic carbocycles. The Morgan fingerprint density at radius 3 is 2.64 bits per heavy atom. The zero-order valence-electron chi connectivity index (χ0n) is 13.7. The second kappa shape index (κ2) is 8.48. The number of amides is 1. The highest BCUT2D eigenvalue weighted by atomic mass is 35.5. The Bertz CT molecular complexity index is 781. The van der Waals surface area contributed by atoms with E-state index < -0.39 is 24.3 Å². The monoisotopic (exact) mass is 365 g/mol. The number of hydrogen-bond donors (Lipinski definition) is 1. The van der Waals surface area contributed by atoms with Crippen molar-refractivity contribution < 1.29 is 23.5 Å². The topological polar surface area (TPSA) is 64.6 Å². The minimum atomic E-state index is -0.799. The third-order valence-electron chi connectivity index (χ3n) is 3.45. The summed E-state index contributed by atoms with van der Waals surface area (Å²) in [7, 11) is 1.32. The number of rotatable bonds is 6. The van der Waals surface area contributed by atoms with Crippen LogP contribution in [-0.4, -0.2) is 25.6 Å². The summed E-state index contributed by atoms with van der Waals surface area (Å²) in [6.45, 7) is 1.31. The largest absolute Gasteiger partial charge is 0.494 e. The average molecular weight is 366 g/mol. The van der Waals surface area contributed by atoms with Gasteiger partial charge < -0.3 is 14.8 Å². The molecule has 0 fully saturated rings. The molecule has 5 nitrogen and oxygen atoms in total. The lowest BCUT2D eigenvalue weighted by molar-refractivity contribution is -0.124. The van der Waals surface area contributed by atoms with Gasteiger partial charge in [0, 0.05) is 5.02 Å². The minimum Gasteiger partial charge on any atom is -0.494 e. The number of hydrogen-bond acceptors (Lipinski definition) is 4. The molecule has 1 atom stereocenters. The molecule has 0 saturated carbocycles. The first-order valence-corrected chi connectivity index (χ1v) is 7.84. The Balaban J connectivity index is 1.89. The van der Waals surface area contributed by atoms with Crippen LogP contribution in [-0.2, 0) is 9.53 Å². The Morgan fingerprint density at radius 1 is 1.24 bits per heavy atom. The van der Waals surface area contributed by atoms with Crippen molar-refractivity contribution in [2.24, 2.45) is 0 Å². The lowest BCUT2D eigenvalue weighted by Crippen LogP contribution is -2.31. The van der Waals surface area contributed by atoms with Gasteiger partial charge in [-0.25, -0.2) is 9.18 Å². The fourth-order valence-corrected chi connectivity index (χ4v) is 2.35. The van der Waals surface area contributed by atoms with Gasteiger partial charge in [0.1, 0.15) is 0 Å². The number of esters is 1. The molecule has 0 spiro atoms. The van der Waals surface area contributed by atoms with Crippen molar-refractivity contribution in [2.45, 2.75) is 13.0 Å². The summed E-state index contributed by atoms with van der Waals surface area (Å²) in [5, 5.41) is 3.25. The van der Waals surface area contributed by atoms with Gasteiger partial charge in [0.15, 0.2) is 18.2 Å². The van der Waals surface area contributed by atoms with Crippen LogP contribution >= 0.6 is 11.6 Å². The van der Waals surface area contributed by atoms with Crippen molar-refractivity contribution in [3.05, 3.63) is 64.4 Å². The van der Waals surface area contributed by atoms with Crippen LogP contribution in [0.15, 0.2) is 42.5 Å². The summed E-state index contributed by atoms with van der Waals surface area (Å²) in [5.74, 6) is -1.94. The maximum Gasteiger partial charge on any atom is 0.338 e. The smallest absolute Gasteiger partial charge is 0.338 e. The van der Waals surface area contributed by atoms with Crippen molar-refractivity contribution in [1.29, 1.82) is 0 Å². The molecule has 1 amide bonds. The van der Waals surface area contributed by atoms with Crippen LogP contribution in [0.1, 0.15) is 28.9 Å². The molecule has 0 radical (unpaired) electrons. The quantitative estimate of drug-likeness (QED) is 0.795. The van der Waals surface area contributed by atoms with Gasteiger partial charge in [-0.2, -0.15) is 0 Å². The molecular formula is C18H17ClFNO4. The molecule has 7 heteroatoms. The summed E-state index contributed by atoms with van der Waals surface area (Å²) in [6.07, 6.45) is 0. The van der Waals surface area contributed by atoms with Gasteiger partial charge in [-0.15, -0.1) is 0 Å². The third-order valence-corrected chi connectivity index (χ3v) is 3.68. The molecular weight excluding hydrogens is 349 g/mol. The van der Waals surface area contributed by atoms with E-state index in [0.29, 0.717) is 5.02 Å². The lowest BCUT2D eigenvalue weighted by Gasteiger charge is -2.14. The van der Waals surface area contributed by atoms with Gasteiger partial charge in [0.25, 0.3) is 5.91 Å². The van der Waals surface area contributed by atoms with Crippen LogP contribution < -0.4 is 10.1 Å². The maximum absolute atomic E-state index is 13.6. The van der Waals surface area contributed by atoms with Gasteiger partial charge in [-0.05, 0) is 42.8 Å². The number of methoxy groups -OCH3 is 1. The predicted octanol–water partition coefficient (Wildman–Crippen LogP) is 3.52. The van der Waals surface area contributed by atoms with Crippen LogP contribution in [0.5, 0.6) is 5.75 Å². The summed E-state index contributed by atoms with van der Waals surface area (Å²) < 4.78 is 23.2. The standard InChI is InChI=1S/C18H17ClFNO4/c1-11(12-4-3-5-14(19)8-12)21-17(22)10-25-18(23)13-6-7-16(24-2)15(20)9-13/h3-9,11H,10H2,1-2H3,(H,21,22). The first kappa shape index (κ1) is 18.7. The maximum atomic E-state index is 13.6. The van der Waals surface area contributed by atoms with Gasteiger partial charge in [0.05, 0.1) is 18.7 Å². The van der Waals surface area contributed by atoms with Crippen LogP contribution in [0.3, 0.4) is 0 Å². The predicted molar refractivity (Wildman–Crippen MR) is 91.2 cm³/mol. The fourth-order valence-electron chi connectivity index (χ4n) is 2.15. The number of halogens is 2. The molecule has 0 bridgehead atoms. The van der Waals surface area contributed by atoms with E-state index in [-0.39, 0.29) is 17.4 Å². The molecule has 2 rings (SSSR count). The summed E-state index contributed by atoms with van der Waals surface area (Å²) in [6, 6.07) is 10.4. The summed E-state index contributed by atoms with van der Waals surface area (Å²) >= 11 is 5.91. The molecule has 2 aromatic rings. The summed E-state index contributed by atoms with van der Waals surface area (Å²) in [4.78, 5) is 23.8. The van der Waals surface area contributed by atoms with Crippen molar-refractivity contribution in [3.63, 3.8) is 0 Å². The number of benzene rings is 2. The van der Waals surface area contributed by atoms with E-state index in [1.807, 2.05) is 6.07 Å². The second-order valence-corrected chi connectivity index (χ2v) is 5.71. The molecule has 1 N–H and O–H groups in total. The van der Waals surface area contributed by atoms with Crippen molar-refractivity contribution >= 4 is 23.5 Å². The molecule has 0 saturated heterocycles. The molecule has 0 aliphatic heterocycles. The molecule has 0 heterocycles. The van der Waals surface area contributed by atoms with Crippen LogP contribution in [0.2, 0.25) is 5.02 Å². The molecule has 132 valence electrons. The molecule has 0 aromatic heterocycles. The van der Waals surface area contributed by atoms with E-state index in [1.54, 1.807) is 25.1 Å². The van der Waals surface area contributed by atoms with Crippen LogP contribution in [0.4, 0.5) is 4.39 Å². The Morgan fingerprint density at radius 2 is 2.00 bits per heavy atom. The lowest BCUT2D eigenvalue weighted by atomic mass is 10.1. The average Bonchev–Trinajstić information content (AvgIpc) is 2.59. The Labute approximate surface area is 149 Å². The van der Waals surface area contributed by atoms with E-state index in [9.17, 15) is 14.0 Å². The summed E-state index contributed by atoms with van der Waals surface area (Å²) in [5.41, 5.74) is 0.818. The van der Waals surface area contributed by atoms with Gasteiger partial charge in [-0.3, -0.25) is 4.79 Å².